The van der Waals surface area contributed by atoms with E-state index in [0.717, 1.165) is 23.1 Å². The molecule has 3 nitrogen and oxygen atoms in total. The molecule has 0 spiro atoms. The van der Waals surface area contributed by atoms with E-state index in [1.807, 2.05) is 12.1 Å². The molecular formula is C18H16BrNO2S. The van der Waals surface area contributed by atoms with Crippen LogP contribution in [0.1, 0.15) is 33.6 Å². The predicted molar refractivity (Wildman–Crippen MR) is 95.9 cm³/mol. The maximum Gasteiger partial charge on any atom is 0.261 e. The Balaban J connectivity index is 1.46. The average Bonchev–Trinajstić information content (AvgIpc) is 2.81. The number of carbonyl (C=O) groups is 2. The highest BCUT2D eigenvalue weighted by Crippen LogP contribution is 2.24. The summed E-state index contributed by atoms with van der Waals surface area (Å²) in [6.07, 6.45) is 1.79. The Hall–Kier alpha value is -1.59. The van der Waals surface area contributed by atoms with Gasteiger partial charge in [-0.15, -0.1) is 11.8 Å². The van der Waals surface area contributed by atoms with Gasteiger partial charge in [-0.2, -0.15) is 0 Å². The molecule has 0 fully saturated rings. The second-order valence-electron chi connectivity index (χ2n) is 5.32. The molecule has 0 saturated heterocycles. The lowest BCUT2D eigenvalue weighted by atomic mass is 10.1. The standard InChI is InChI=1S/C18H16BrNO2S/c19-13-7-9-14(10-8-13)23-12-4-3-11-20-17(21)15-5-1-2-6-16(15)18(20)22/h1-2,5-10H,3-4,11-12H2. The van der Waals surface area contributed by atoms with Crippen molar-refractivity contribution in [1.29, 1.82) is 0 Å². The minimum absolute atomic E-state index is 0.161. The topological polar surface area (TPSA) is 37.4 Å². The van der Waals surface area contributed by atoms with Gasteiger partial charge in [0.25, 0.3) is 11.8 Å². The molecule has 1 aliphatic rings. The van der Waals surface area contributed by atoms with Crippen molar-refractivity contribution in [3.63, 3.8) is 0 Å². The summed E-state index contributed by atoms with van der Waals surface area (Å²) in [5.74, 6) is 0.655. The summed E-state index contributed by atoms with van der Waals surface area (Å²) in [5.41, 5.74) is 1.06. The molecule has 2 aromatic rings. The van der Waals surface area contributed by atoms with Crippen LogP contribution >= 0.6 is 27.7 Å². The first-order valence-corrected chi connectivity index (χ1v) is 9.28. The first kappa shape index (κ1) is 16.3. The van der Waals surface area contributed by atoms with Crippen molar-refractivity contribution in [2.24, 2.45) is 0 Å². The second kappa shape index (κ2) is 7.32. The van der Waals surface area contributed by atoms with Crippen LogP contribution in [0.5, 0.6) is 0 Å². The largest absolute Gasteiger partial charge is 0.274 e. The molecular weight excluding hydrogens is 374 g/mol. The molecule has 0 aromatic heterocycles. The lowest BCUT2D eigenvalue weighted by Crippen LogP contribution is -2.30. The van der Waals surface area contributed by atoms with E-state index in [4.69, 9.17) is 0 Å². The quantitative estimate of drug-likeness (QED) is 0.411. The Morgan fingerprint density at radius 2 is 1.48 bits per heavy atom. The fourth-order valence-corrected chi connectivity index (χ4v) is 3.71. The fraction of sp³-hybridized carbons (Fsp3) is 0.222. The number of benzene rings is 2. The molecule has 0 radical (unpaired) electrons. The van der Waals surface area contributed by atoms with Gasteiger partial charge in [0.05, 0.1) is 11.1 Å². The van der Waals surface area contributed by atoms with Gasteiger partial charge in [0.1, 0.15) is 0 Å². The number of hydrogen-bond acceptors (Lipinski definition) is 3. The normalized spacial score (nSPS) is 13.5. The Bertz CT molecular complexity index is 695. The van der Waals surface area contributed by atoms with Gasteiger partial charge in [0, 0.05) is 15.9 Å². The number of unbranched alkanes of at least 4 members (excludes halogenated alkanes) is 1. The van der Waals surface area contributed by atoms with Crippen LogP contribution in [0.25, 0.3) is 0 Å². The van der Waals surface area contributed by atoms with E-state index in [0.29, 0.717) is 17.7 Å². The van der Waals surface area contributed by atoms with E-state index in [-0.39, 0.29) is 11.8 Å². The zero-order valence-electron chi connectivity index (χ0n) is 12.5. The van der Waals surface area contributed by atoms with Gasteiger partial charge >= 0.3 is 0 Å². The maximum atomic E-state index is 12.2. The molecule has 118 valence electrons. The number of nitrogens with zero attached hydrogens (tertiary/aromatic N) is 1. The molecule has 0 atom stereocenters. The second-order valence-corrected chi connectivity index (χ2v) is 7.40. The van der Waals surface area contributed by atoms with Gasteiger partial charge < -0.3 is 0 Å². The summed E-state index contributed by atoms with van der Waals surface area (Å²) >= 11 is 5.21. The first-order chi connectivity index (χ1) is 11.2. The van der Waals surface area contributed by atoms with Crippen LogP contribution < -0.4 is 0 Å². The Labute approximate surface area is 148 Å². The molecule has 0 aliphatic carbocycles. The third-order valence-corrected chi connectivity index (χ3v) is 5.36. The van der Waals surface area contributed by atoms with E-state index in [9.17, 15) is 9.59 Å². The summed E-state index contributed by atoms with van der Waals surface area (Å²) in [5, 5.41) is 0. The Morgan fingerprint density at radius 3 is 2.09 bits per heavy atom. The van der Waals surface area contributed by atoms with Crippen molar-refractivity contribution in [2.75, 3.05) is 12.3 Å². The molecule has 23 heavy (non-hydrogen) atoms. The van der Waals surface area contributed by atoms with Crippen molar-refractivity contribution in [3.8, 4) is 0 Å². The third-order valence-electron chi connectivity index (χ3n) is 3.74. The molecule has 2 aromatic carbocycles. The van der Waals surface area contributed by atoms with E-state index >= 15 is 0 Å². The predicted octanol–water partition coefficient (Wildman–Crippen LogP) is 4.62. The van der Waals surface area contributed by atoms with Crippen molar-refractivity contribution in [1.82, 2.24) is 4.90 Å². The van der Waals surface area contributed by atoms with Crippen molar-refractivity contribution in [2.45, 2.75) is 17.7 Å². The first-order valence-electron chi connectivity index (χ1n) is 7.50. The number of hydrogen-bond donors (Lipinski definition) is 0. The average molecular weight is 390 g/mol. The maximum absolute atomic E-state index is 12.2. The van der Waals surface area contributed by atoms with Gasteiger partial charge in [-0.25, -0.2) is 0 Å². The van der Waals surface area contributed by atoms with Crippen LogP contribution in [-0.2, 0) is 0 Å². The van der Waals surface area contributed by atoms with E-state index in [1.165, 1.54) is 9.80 Å². The fourth-order valence-electron chi connectivity index (χ4n) is 2.54. The summed E-state index contributed by atoms with van der Waals surface area (Å²) in [4.78, 5) is 27.0. The lowest BCUT2D eigenvalue weighted by Gasteiger charge is -2.13. The van der Waals surface area contributed by atoms with Gasteiger partial charge in [-0.3, -0.25) is 14.5 Å². The van der Waals surface area contributed by atoms with Gasteiger partial charge in [0.2, 0.25) is 0 Å². The summed E-state index contributed by atoms with van der Waals surface area (Å²) in [7, 11) is 0. The molecule has 1 heterocycles. The zero-order valence-corrected chi connectivity index (χ0v) is 14.9. The number of halogens is 1. The number of carbonyl (C=O) groups excluding carboxylic acids is 2. The van der Waals surface area contributed by atoms with Gasteiger partial charge in [0.15, 0.2) is 0 Å². The van der Waals surface area contributed by atoms with Crippen LogP contribution in [0.2, 0.25) is 0 Å². The monoisotopic (exact) mass is 389 g/mol. The van der Waals surface area contributed by atoms with Crippen molar-refractivity contribution >= 4 is 39.5 Å². The summed E-state index contributed by atoms with van der Waals surface area (Å²) in [6.45, 7) is 0.493. The summed E-state index contributed by atoms with van der Waals surface area (Å²) < 4.78 is 1.08. The molecule has 0 saturated carbocycles. The zero-order chi connectivity index (χ0) is 16.2. The number of fused-ring (bicyclic) bond motifs is 1. The van der Waals surface area contributed by atoms with Crippen LogP contribution in [0, 0.1) is 0 Å². The number of amides is 2. The number of thioether (sulfide) groups is 1. The van der Waals surface area contributed by atoms with E-state index in [2.05, 4.69) is 28.1 Å². The Morgan fingerprint density at radius 1 is 0.870 bits per heavy atom. The SMILES string of the molecule is O=C1c2ccccc2C(=O)N1CCCCSc1ccc(Br)cc1. The van der Waals surface area contributed by atoms with Crippen LogP contribution in [0.15, 0.2) is 57.9 Å². The van der Waals surface area contributed by atoms with Gasteiger partial charge in [-0.1, -0.05) is 28.1 Å². The third kappa shape index (κ3) is 3.67. The molecule has 0 unspecified atom stereocenters. The van der Waals surface area contributed by atoms with Crippen molar-refractivity contribution in [3.05, 3.63) is 64.1 Å². The molecule has 0 N–H and O–H groups in total. The lowest BCUT2D eigenvalue weighted by molar-refractivity contribution is 0.0652. The molecule has 0 bridgehead atoms. The molecule has 5 heteroatoms. The highest BCUT2D eigenvalue weighted by atomic mass is 79.9. The highest BCUT2D eigenvalue weighted by Gasteiger charge is 2.34. The van der Waals surface area contributed by atoms with Crippen LogP contribution in [-0.4, -0.2) is 29.0 Å². The highest BCUT2D eigenvalue weighted by molar-refractivity contribution is 9.10. The molecule has 1 aliphatic heterocycles. The van der Waals surface area contributed by atoms with Crippen LogP contribution in [0.4, 0.5) is 0 Å². The number of imide groups is 1. The van der Waals surface area contributed by atoms with Crippen molar-refractivity contribution < 1.29 is 9.59 Å². The molecule has 3 rings (SSSR count). The number of rotatable bonds is 6. The minimum atomic E-state index is -0.161. The summed E-state index contributed by atoms with van der Waals surface area (Å²) in [6, 6.07) is 15.3. The van der Waals surface area contributed by atoms with E-state index < -0.39 is 0 Å². The van der Waals surface area contributed by atoms with E-state index in [1.54, 1.807) is 36.0 Å². The van der Waals surface area contributed by atoms with Gasteiger partial charge in [-0.05, 0) is 55.0 Å². The van der Waals surface area contributed by atoms with Crippen LogP contribution in [0.3, 0.4) is 0 Å². The minimum Gasteiger partial charge on any atom is -0.274 e. The Kier molecular flexibility index (Phi) is 5.18. The smallest absolute Gasteiger partial charge is 0.261 e. The molecule has 2 amide bonds.